The summed E-state index contributed by atoms with van der Waals surface area (Å²) in [5.41, 5.74) is 3.74. The fourth-order valence-corrected chi connectivity index (χ4v) is 3.68. The van der Waals surface area contributed by atoms with E-state index in [0.29, 0.717) is 6.04 Å². The number of hydrogen-bond donors (Lipinski definition) is 1. The van der Waals surface area contributed by atoms with Crippen LogP contribution in [0.1, 0.15) is 44.1 Å². The van der Waals surface area contributed by atoms with E-state index in [4.69, 9.17) is 4.98 Å². The maximum absolute atomic E-state index is 4.77. The molecule has 22 heavy (non-hydrogen) atoms. The number of hydrogen-bond acceptors (Lipinski definition) is 4. The highest BCUT2D eigenvalue weighted by molar-refractivity contribution is 5.49. The van der Waals surface area contributed by atoms with Crippen LogP contribution in [0.3, 0.4) is 0 Å². The van der Waals surface area contributed by atoms with E-state index in [2.05, 4.69) is 48.0 Å². The van der Waals surface area contributed by atoms with Gasteiger partial charge in [-0.3, -0.25) is 9.88 Å². The number of rotatable bonds is 4. The normalized spacial score (nSPS) is 23.5. The van der Waals surface area contributed by atoms with Gasteiger partial charge in [0.2, 0.25) is 0 Å². The molecule has 0 aromatic carbocycles. The molecular formula is C18H30N4. The first-order valence-electron chi connectivity index (χ1n) is 8.81. The van der Waals surface area contributed by atoms with Crippen LogP contribution in [0.25, 0.3) is 0 Å². The number of anilines is 1. The second kappa shape index (κ2) is 6.97. The van der Waals surface area contributed by atoms with Crippen molar-refractivity contribution in [1.29, 1.82) is 0 Å². The Labute approximate surface area is 134 Å². The molecule has 3 heterocycles. The molecular weight excluding hydrogens is 272 g/mol. The molecule has 0 aliphatic carbocycles. The lowest BCUT2D eigenvalue weighted by Gasteiger charge is -2.37. The maximum atomic E-state index is 4.77. The summed E-state index contributed by atoms with van der Waals surface area (Å²) in [6.45, 7) is 13.7. The Balaban J connectivity index is 1.67. The number of aromatic nitrogens is 1. The number of nitrogens with one attached hydrogen (secondary N) is 1. The monoisotopic (exact) mass is 302 g/mol. The lowest BCUT2D eigenvalue weighted by Crippen LogP contribution is -2.47. The van der Waals surface area contributed by atoms with Crippen molar-refractivity contribution < 1.29 is 0 Å². The molecule has 0 amide bonds. The molecule has 0 saturated carbocycles. The molecule has 2 saturated heterocycles. The van der Waals surface area contributed by atoms with E-state index in [0.717, 1.165) is 31.2 Å². The fourth-order valence-electron chi connectivity index (χ4n) is 3.68. The van der Waals surface area contributed by atoms with Crippen molar-refractivity contribution in [3.8, 4) is 0 Å². The van der Waals surface area contributed by atoms with Gasteiger partial charge in [0.25, 0.3) is 0 Å². The molecule has 0 bridgehead atoms. The Morgan fingerprint density at radius 1 is 1.23 bits per heavy atom. The zero-order valence-electron chi connectivity index (χ0n) is 14.3. The molecule has 1 N–H and O–H groups in total. The third-order valence-corrected chi connectivity index (χ3v) is 4.74. The van der Waals surface area contributed by atoms with Crippen LogP contribution in [0.2, 0.25) is 0 Å². The average Bonchev–Trinajstić information content (AvgIpc) is 3.01. The van der Waals surface area contributed by atoms with Crippen LogP contribution in [0.15, 0.2) is 12.1 Å². The lowest BCUT2D eigenvalue weighted by molar-refractivity contribution is 0.231. The topological polar surface area (TPSA) is 31.4 Å². The molecule has 4 heteroatoms. The first kappa shape index (κ1) is 15.8. The largest absolute Gasteiger partial charge is 0.369 e. The summed E-state index contributed by atoms with van der Waals surface area (Å²) in [5, 5.41) is 3.57. The predicted octanol–water partition coefficient (Wildman–Crippen LogP) is 2.59. The lowest BCUT2D eigenvalue weighted by atomic mass is 10.1. The van der Waals surface area contributed by atoms with Crippen LogP contribution < -0.4 is 10.2 Å². The maximum Gasteiger partial charge on any atom is 0.0596 e. The molecule has 2 aliphatic rings. The van der Waals surface area contributed by atoms with Gasteiger partial charge < -0.3 is 10.2 Å². The Kier molecular flexibility index (Phi) is 4.99. The molecule has 122 valence electrons. The first-order chi connectivity index (χ1) is 10.6. The number of nitrogens with zero attached hydrogens (tertiary/aromatic N) is 3. The smallest absolute Gasteiger partial charge is 0.0596 e. The summed E-state index contributed by atoms with van der Waals surface area (Å²) in [7, 11) is 0. The Morgan fingerprint density at radius 3 is 2.64 bits per heavy atom. The molecule has 1 aromatic rings. The van der Waals surface area contributed by atoms with E-state index in [9.17, 15) is 0 Å². The van der Waals surface area contributed by atoms with Gasteiger partial charge in [0.1, 0.15) is 0 Å². The molecule has 2 aliphatic heterocycles. The average molecular weight is 302 g/mol. The molecule has 4 nitrogen and oxygen atoms in total. The second-order valence-electron chi connectivity index (χ2n) is 7.22. The fraction of sp³-hybridized carbons (Fsp3) is 0.722. The summed E-state index contributed by atoms with van der Waals surface area (Å²) >= 11 is 0. The van der Waals surface area contributed by atoms with Gasteiger partial charge in [-0.05, 0) is 44.4 Å². The van der Waals surface area contributed by atoms with Gasteiger partial charge in [0.15, 0.2) is 0 Å². The first-order valence-corrected chi connectivity index (χ1v) is 8.81. The van der Waals surface area contributed by atoms with Crippen LogP contribution in [0.5, 0.6) is 0 Å². The zero-order valence-corrected chi connectivity index (χ0v) is 14.3. The predicted molar refractivity (Wildman–Crippen MR) is 92.4 cm³/mol. The third-order valence-electron chi connectivity index (χ3n) is 4.74. The highest BCUT2D eigenvalue weighted by atomic mass is 15.3. The van der Waals surface area contributed by atoms with Gasteiger partial charge in [-0.25, -0.2) is 0 Å². The quantitative estimate of drug-likeness (QED) is 0.926. The molecule has 1 aromatic heterocycles. The molecule has 2 fully saturated rings. The van der Waals surface area contributed by atoms with Crippen molar-refractivity contribution in [2.75, 3.05) is 44.2 Å². The minimum atomic E-state index is 0.459. The van der Waals surface area contributed by atoms with Crippen LogP contribution >= 0.6 is 0 Å². The van der Waals surface area contributed by atoms with Crippen LogP contribution in [-0.4, -0.2) is 49.2 Å². The van der Waals surface area contributed by atoms with Gasteiger partial charge in [-0.1, -0.05) is 13.8 Å². The summed E-state index contributed by atoms with van der Waals surface area (Å²) in [5.74, 6) is 0.759. The summed E-state index contributed by atoms with van der Waals surface area (Å²) in [6, 6.07) is 5.02. The van der Waals surface area contributed by atoms with Gasteiger partial charge in [0.05, 0.1) is 5.69 Å². The van der Waals surface area contributed by atoms with Gasteiger partial charge in [-0.15, -0.1) is 0 Å². The van der Waals surface area contributed by atoms with Crippen molar-refractivity contribution in [2.45, 2.75) is 39.7 Å². The van der Waals surface area contributed by atoms with E-state index in [1.54, 1.807) is 0 Å². The van der Waals surface area contributed by atoms with E-state index in [1.807, 2.05) is 0 Å². The zero-order chi connectivity index (χ0) is 15.5. The van der Waals surface area contributed by atoms with Crippen LogP contribution in [0.4, 0.5) is 5.69 Å². The Morgan fingerprint density at radius 2 is 2.00 bits per heavy atom. The van der Waals surface area contributed by atoms with E-state index in [-0.39, 0.29) is 0 Å². The minimum Gasteiger partial charge on any atom is -0.369 e. The van der Waals surface area contributed by atoms with E-state index >= 15 is 0 Å². The van der Waals surface area contributed by atoms with Crippen LogP contribution in [-0.2, 0) is 0 Å². The van der Waals surface area contributed by atoms with Crippen molar-refractivity contribution >= 4 is 5.69 Å². The Bertz CT molecular complexity index is 486. The SMILES string of the molecule is Cc1cc(N2CCN(CC(C)C)CC2)cc([C@H]2CCCN2)n1. The second-order valence-corrected chi connectivity index (χ2v) is 7.22. The van der Waals surface area contributed by atoms with E-state index in [1.165, 1.54) is 43.9 Å². The standard InChI is InChI=1S/C18H30N4/c1-14(2)13-21-7-9-22(10-8-21)16-11-15(3)20-18(12-16)17-5-4-6-19-17/h11-12,14,17,19H,4-10,13H2,1-3H3/t17-/m1/s1. The molecule has 0 unspecified atom stereocenters. The number of pyridine rings is 1. The molecule has 1 atom stereocenters. The summed E-state index contributed by atoms with van der Waals surface area (Å²) < 4.78 is 0. The summed E-state index contributed by atoms with van der Waals surface area (Å²) in [4.78, 5) is 9.89. The minimum absolute atomic E-state index is 0.459. The molecule has 0 spiro atoms. The van der Waals surface area contributed by atoms with Crippen molar-refractivity contribution in [3.63, 3.8) is 0 Å². The Hall–Kier alpha value is -1.13. The van der Waals surface area contributed by atoms with Crippen LogP contribution in [0, 0.1) is 12.8 Å². The molecule has 3 rings (SSSR count). The van der Waals surface area contributed by atoms with Crippen molar-refractivity contribution in [2.24, 2.45) is 5.92 Å². The van der Waals surface area contributed by atoms with E-state index < -0.39 is 0 Å². The summed E-state index contributed by atoms with van der Waals surface area (Å²) in [6.07, 6.45) is 2.49. The van der Waals surface area contributed by atoms with Crippen molar-refractivity contribution in [1.82, 2.24) is 15.2 Å². The highest BCUT2D eigenvalue weighted by Crippen LogP contribution is 2.26. The van der Waals surface area contributed by atoms with Crippen molar-refractivity contribution in [3.05, 3.63) is 23.5 Å². The molecule has 0 radical (unpaired) electrons. The number of aryl methyl sites for hydroxylation is 1. The van der Waals surface area contributed by atoms with Gasteiger partial charge in [-0.2, -0.15) is 0 Å². The van der Waals surface area contributed by atoms with Gasteiger partial charge in [0, 0.05) is 50.1 Å². The van der Waals surface area contributed by atoms with Gasteiger partial charge >= 0.3 is 0 Å². The number of piperazine rings is 1. The third kappa shape index (κ3) is 3.79. The highest BCUT2D eigenvalue weighted by Gasteiger charge is 2.21.